The number of anilines is 1. The van der Waals surface area contributed by atoms with Gasteiger partial charge in [-0.1, -0.05) is 48.5 Å². The molecule has 0 radical (unpaired) electrons. The summed E-state index contributed by atoms with van der Waals surface area (Å²) in [5.41, 5.74) is 3.81. The number of hydrogen-bond acceptors (Lipinski definition) is 3. The molecule has 0 aliphatic carbocycles. The number of benzene rings is 2. The fraction of sp³-hybridized carbons (Fsp3) is 0.100. The lowest BCUT2D eigenvalue weighted by atomic mass is 10.2. The van der Waals surface area contributed by atoms with E-state index in [9.17, 15) is 0 Å². The van der Waals surface area contributed by atoms with Gasteiger partial charge >= 0.3 is 0 Å². The van der Waals surface area contributed by atoms with Crippen LogP contribution in [0.4, 0.5) is 5.82 Å². The van der Waals surface area contributed by atoms with Crippen molar-refractivity contribution >= 4 is 16.7 Å². The third-order valence-corrected chi connectivity index (χ3v) is 4.11. The first kappa shape index (κ1) is 14.5. The van der Waals surface area contributed by atoms with Crippen LogP contribution >= 0.6 is 0 Å². The standard InChI is InChI=1S/C20H18N4/c1-2-6-16(7-3-1)13-24-14-17(18-8-4-5-9-19(18)24)12-22-20-10-11-21-15-23-20/h1-11,14-15H,12-13H2,(H,21,22,23). The molecule has 2 aromatic heterocycles. The highest BCUT2D eigenvalue weighted by atomic mass is 15.0. The van der Waals surface area contributed by atoms with E-state index in [1.807, 2.05) is 12.1 Å². The number of aromatic nitrogens is 3. The first-order valence-corrected chi connectivity index (χ1v) is 8.01. The van der Waals surface area contributed by atoms with Crippen molar-refractivity contribution in [1.29, 1.82) is 0 Å². The molecule has 0 amide bonds. The lowest BCUT2D eigenvalue weighted by Gasteiger charge is -2.05. The van der Waals surface area contributed by atoms with E-state index in [1.54, 1.807) is 12.5 Å². The Balaban J connectivity index is 1.64. The monoisotopic (exact) mass is 314 g/mol. The minimum absolute atomic E-state index is 0.735. The van der Waals surface area contributed by atoms with E-state index in [0.717, 1.165) is 18.9 Å². The maximum absolute atomic E-state index is 4.22. The Labute approximate surface area is 140 Å². The summed E-state index contributed by atoms with van der Waals surface area (Å²) in [4.78, 5) is 8.17. The van der Waals surface area contributed by atoms with Gasteiger partial charge in [0.2, 0.25) is 0 Å². The van der Waals surface area contributed by atoms with Gasteiger partial charge in [0, 0.05) is 36.4 Å². The Kier molecular flexibility index (Phi) is 3.94. The fourth-order valence-corrected chi connectivity index (χ4v) is 2.96. The van der Waals surface area contributed by atoms with Crippen molar-refractivity contribution < 1.29 is 0 Å². The summed E-state index contributed by atoms with van der Waals surface area (Å²) in [6.45, 7) is 1.61. The predicted octanol–water partition coefficient (Wildman–Crippen LogP) is 4.09. The molecule has 4 nitrogen and oxygen atoms in total. The van der Waals surface area contributed by atoms with Crippen LogP contribution in [-0.2, 0) is 13.1 Å². The van der Waals surface area contributed by atoms with Crippen LogP contribution < -0.4 is 5.32 Å². The molecule has 0 spiro atoms. The highest BCUT2D eigenvalue weighted by Crippen LogP contribution is 2.23. The molecule has 0 unspecified atom stereocenters. The van der Waals surface area contributed by atoms with Crippen LogP contribution in [0.25, 0.3) is 10.9 Å². The van der Waals surface area contributed by atoms with Gasteiger partial charge in [-0.15, -0.1) is 0 Å². The van der Waals surface area contributed by atoms with E-state index >= 15 is 0 Å². The maximum atomic E-state index is 4.22. The summed E-state index contributed by atoms with van der Waals surface area (Å²) < 4.78 is 2.31. The molecule has 0 atom stereocenters. The quantitative estimate of drug-likeness (QED) is 0.603. The van der Waals surface area contributed by atoms with Crippen molar-refractivity contribution in [1.82, 2.24) is 14.5 Å². The SMILES string of the molecule is c1ccc(Cn2cc(CNc3ccncn3)c3ccccc32)cc1. The van der Waals surface area contributed by atoms with Crippen LogP contribution in [0, 0.1) is 0 Å². The molecule has 4 rings (SSSR count). The molecule has 118 valence electrons. The molecule has 1 N–H and O–H groups in total. The van der Waals surface area contributed by atoms with Crippen LogP contribution in [0.3, 0.4) is 0 Å². The zero-order valence-electron chi connectivity index (χ0n) is 13.3. The largest absolute Gasteiger partial charge is 0.366 e. The number of fused-ring (bicyclic) bond motifs is 1. The topological polar surface area (TPSA) is 42.7 Å². The minimum atomic E-state index is 0.735. The Morgan fingerprint density at radius 2 is 1.75 bits per heavy atom. The molecular weight excluding hydrogens is 296 g/mol. The van der Waals surface area contributed by atoms with Crippen LogP contribution in [0.2, 0.25) is 0 Å². The predicted molar refractivity (Wildman–Crippen MR) is 96.8 cm³/mol. The van der Waals surface area contributed by atoms with Crippen LogP contribution in [-0.4, -0.2) is 14.5 Å². The highest BCUT2D eigenvalue weighted by Gasteiger charge is 2.08. The molecule has 4 aromatic rings. The summed E-state index contributed by atoms with van der Waals surface area (Å²) in [6, 6.07) is 20.9. The van der Waals surface area contributed by atoms with E-state index in [4.69, 9.17) is 0 Å². The summed E-state index contributed by atoms with van der Waals surface area (Å²) in [5.74, 6) is 0.838. The lowest BCUT2D eigenvalue weighted by molar-refractivity contribution is 0.831. The Bertz CT molecular complexity index is 930. The van der Waals surface area contributed by atoms with E-state index in [1.165, 1.54) is 22.0 Å². The van der Waals surface area contributed by atoms with Crippen molar-refractivity contribution in [3.63, 3.8) is 0 Å². The average molecular weight is 314 g/mol. The first-order chi connectivity index (χ1) is 11.9. The molecule has 2 heterocycles. The number of rotatable bonds is 5. The summed E-state index contributed by atoms with van der Waals surface area (Å²) in [5, 5.41) is 4.64. The Hall–Kier alpha value is -3.14. The summed E-state index contributed by atoms with van der Waals surface area (Å²) >= 11 is 0. The second-order valence-electron chi connectivity index (χ2n) is 5.73. The van der Waals surface area contributed by atoms with Crippen molar-refractivity contribution in [3.8, 4) is 0 Å². The van der Waals surface area contributed by atoms with Crippen LogP contribution in [0.1, 0.15) is 11.1 Å². The van der Waals surface area contributed by atoms with Crippen LogP contribution in [0.5, 0.6) is 0 Å². The van der Waals surface area contributed by atoms with Gasteiger partial charge in [-0.25, -0.2) is 9.97 Å². The molecular formula is C20H18N4. The molecule has 2 aromatic carbocycles. The van der Waals surface area contributed by atoms with E-state index in [0.29, 0.717) is 0 Å². The Morgan fingerprint density at radius 1 is 0.917 bits per heavy atom. The molecule has 0 aliphatic heterocycles. The normalized spacial score (nSPS) is 10.8. The summed E-state index contributed by atoms with van der Waals surface area (Å²) in [7, 11) is 0. The number of nitrogens with one attached hydrogen (secondary N) is 1. The van der Waals surface area contributed by atoms with Gasteiger partial charge in [0.1, 0.15) is 12.1 Å². The van der Waals surface area contributed by atoms with Crippen LogP contribution in [0.15, 0.2) is 79.4 Å². The molecule has 0 fully saturated rings. The highest BCUT2D eigenvalue weighted by molar-refractivity contribution is 5.84. The zero-order valence-corrected chi connectivity index (χ0v) is 13.3. The van der Waals surface area contributed by atoms with Gasteiger partial charge < -0.3 is 9.88 Å². The maximum Gasteiger partial charge on any atom is 0.129 e. The summed E-state index contributed by atoms with van der Waals surface area (Å²) in [6.07, 6.45) is 5.53. The van der Waals surface area contributed by atoms with E-state index in [2.05, 4.69) is 74.6 Å². The number of nitrogens with zero attached hydrogens (tertiary/aromatic N) is 3. The van der Waals surface area contributed by atoms with E-state index < -0.39 is 0 Å². The van der Waals surface area contributed by atoms with Gasteiger partial charge in [-0.05, 0) is 23.3 Å². The smallest absolute Gasteiger partial charge is 0.129 e. The van der Waals surface area contributed by atoms with Gasteiger partial charge in [-0.3, -0.25) is 0 Å². The van der Waals surface area contributed by atoms with Gasteiger partial charge in [0.15, 0.2) is 0 Å². The second kappa shape index (κ2) is 6.54. The molecule has 0 saturated carbocycles. The molecule has 4 heteroatoms. The van der Waals surface area contributed by atoms with Crippen molar-refractivity contribution in [2.75, 3.05) is 5.32 Å². The van der Waals surface area contributed by atoms with Crippen molar-refractivity contribution in [2.45, 2.75) is 13.1 Å². The molecule has 0 saturated heterocycles. The zero-order chi connectivity index (χ0) is 16.2. The fourth-order valence-electron chi connectivity index (χ4n) is 2.96. The van der Waals surface area contributed by atoms with Crippen molar-refractivity contribution in [2.24, 2.45) is 0 Å². The lowest BCUT2D eigenvalue weighted by Crippen LogP contribution is -2.01. The molecule has 24 heavy (non-hydrogen) atoms. The minimum Gasteiger partial charge on any atom is -0.366 e. The molecule has 0 aliphatic rings. The van der Waals surface area contributed by atoms with Gasteiger partial charge in [0.05, 0.1) is 0 Å². The van der Waals surface area contributed by atoms with E-state index in [-0.39, 0.29) is 0 Å². The third kappa shape index (κ3) is 2.99. The molecule has 0 bridgehead atoms. The van der Waals surface area contributed by atoms with Crippen molar-refractivity contribution in [3.05, 3.63) is 90.5 Å². The first-order valence-electron chi connectivity index (χ1n) is 8.01. The second-order valence-corrected chi connectivity index (χ2v) is 5.73. The average Bonchev–Trinajstić information content (AvgIpc) is 3.00. The number of para-hydroxylation sites is 1. The third-order valence-electron chi connectivity index (χ3n) is 4.11. The number of hydrogen-bond donors (Lipinski definition) is 1. The van der Waals surface area contributed by atoms with Gasteiger partial charge in [-0.2, -0.15) is 0 Å². The Morgan fingerprint density at radius 3 is 2.58 bits per heavy atom. The van der Waals surface area contributed by atoms with Gasteiger partial charge in [0.25, 0.3) is 0 Å².